The van der Waals surface area contributed by atoms with Crippen LogP contribution in [0, 0.1) is 6.92 Å². The molecule has 1 fully saturated rings. The van der Waals surface area contributed by atoms with E-state index in [-0.39, 0.29) is 0 Å². The second kappa shape index (κ2) is 6.37. The average molecular weight is 306 g/mol. The summed E-state index contributed by atoms with van der Waals surface area (Å²) >= 11 is 6.01. The zero-order valence-electron chi connectivity index (χ0n) is 13.0. The fourth-order valence-corrected chi connectivity index (χ4v) is 3.67. The van der Waals surface area contributed by atoms with Crippen LogP contribution in [-0.4, -0.2) is 40.0 Å². The van der Waals surface area contributed by atoms with Gasteiger partial charge < -0.3 is 9.47 Å². The predicted octanol–water partition coefficient (Wildman–Crippen LogP) is 3.78. The highest BCUT2D eigenvalue weighted by molar-refractivity contribution is 6.17. The molecule has 2 heterocycles. The number of imidazole rings is 1. The fraction of sp³-hybridized carbons (Fsp3) is 0.588. The maximum Gasteiger partial charge on any atom is 0.111 e. The van der Waals surface area contributed by atoms with Crippen LogP contribution in [0.15, 0.2) is 18.2 Å². The van der Waals surface area contributed by atoms with Gasteiger partial charge in [0, 0.05) is 24.9 Å². The molecular weight excluding hydrogens is 282 g/mol. The number of aromatic nitrogens is 2. The minimum atomic E-state index is 0.531. The Kier molecular flexibility index (Phi) is 4.51. The van der Waals surface area contributed by atoms with Crippen LogP contribution in [0.5, 0.6) is 0 Å². The van der Waals surface area contributed by atoms with Crippen molar-refractivity contribution in [2.45, 2.75) is 39.2 Å². The predicted molar refractivity (Wildman–Crippen MR) is 89.3 cm³/mol. The number of hydrogen-bond donors (Lipinski definition) is 0. The number of likely N-dealkylation sites (N-methyl/N-ethyl adjacent to an activating group) is 1. The van der Waals surface area contributed by atoms with E-state index >= 15 is 0 Å². The SMILES string of the molecule is CCN1CCCC(n2c(CCCl)nc3c(C)cccc32)C1. The summed E-state index contributed by atoms with van der Waals surface area (Å²) in [5, 5.41) is 0. The maximum atomic E-state index is 6.01. The number of hydrogen-bond acceptors (Lipinski definition) is 2. The molecule has 3 rings (SSSR count). The Bertz CT molecular complexity index is 620. The summed E-state index contributed by atoms with van der Waals surface area (Å²) in [5.74, 6) is 1.78. The molecular formula is C17H24ClN3. The van der Waals surface area contributed by atoms with E-state index in [1.54, 1.807) is 0 Å². The van der Waals surface area contributed by atoms with E-state index in [0.717, 1.165) is 30.9 Å². The van der Waals surface area contributed by atoms with E-state index in [0.29, 0.717) is 11.9 Å². The van der Waals surface area contributed by atoms with Gasteiger partial charge in [-0.1, -0.05) is 19.1 Å². The van der Waals surface area contributed by atoms with Crippen molar-refractivity contribution in [3.05, 3.63) is 29.6 Å². The first-order valence-corrected chi connectivity index (χ1v) is 8.52. The maximum absolute atomic E-state index is 6.01. The summed E-state index contributed by atoms with van der Waals surface area (Å²) in [5.41, 5.74) is 3.68. The topological polar surface area (TPSA) is 21.1 Å². The Hall–Kier alpha value is -1.06. The lowest BCUT2D eigenvalue weighted by molar-refractivity contribution is 0.186. The van der Waals surface area contributed by atoms with Crippen LogP contribution in [0.25, 0.3) is 11.0 Å². The number of alkyl halides is 1. The molecule has 3 nitrogen and oxygen atoms in total. The van der Waals surface area contributed by atoms with E-state index in [2.05, 4.69) is 41.5 Å². The van der Waals surface area contributed by atoms with Crippen molar-refractivity contribution in [2.24, 2.45) is 0 Å². The Labute approximate surface area is 131 Å². The molecule has 2 aromatic rings. The lowest BCUT2D eigenvalue weighted by atomic mass is 10.0. The van der Waals surface area contributed by atoms with Gasteiger partial charge in [0.15, 0.2) is 0 Å². The number of para-hydroxylation sites is 1. The molecule has 0 N–H and O–H groups in total. The third-order valence-electron chi connectivity index (χ3n) is 4.61. The highest BCUT2D eigenvalue weighted by Crippen LogP contribution is 2.29. The lowest BCUT2D eigenvalue weighted by Gasteiger charge is -2.33. The zero-order valence-corrected chi connectivity index (χ0v) is 13.7. The summed E-state index contributed by atoms with van der Waals surface area (Å²) in [6, 6.07) is 7.02. The van der Waals surface area contributed by atoms with Crippen molar-refractivity contribution in [2.75, 3.05) is 25.5 Å². The Morgan fingerprint density at radius 1 is 1.38 bits per heavy atom. The van der Waals surface area contributed by atoms with Gasteiger partial charge in [0.25, 0.3) is 0 Å². The van der Waals surface area contributed by atoms with Crippen LogP contribution in [0.1, 0.15) is 37.2 Å². The smallest absolute Gasteiger partial charge is 0.111 e. The molecule has 0 radical (unpaired) electrons. The molecule has 1 saturated heterocycles. The molecule has 21 heavy (non-hydrogen) atoms. The molecule has 0 aliphatic carbocycles. The molecule has 1 atom stereocenters. The fourth-order valence-electron chi connectivity index (χ4n) is 3.50. The van der Waals surface area contributed by atoms with Crippen molar-refractivity contribution in [1.29, 1.82) is 0 Å². The van der Waals surface area contributed by atoms with Crippen molar-refractivity contribution in [1.82, 2.24) is 14.5 Å². The highest BCUT2D eigenvalue weighted by Gasteiger charge is 2.24. The van der Waals surface area contributed by atoms with Crippen molar-refractivity contribution in [3.8, 4) is 0 Å². The number of rotatable bonds is 4. The van der Waals surface area contributed by atoms with E-state index in [1.165, 1.54) is 30.5 Å². The average Bonchev–Trinajstić information content (AvgIpc) is 2.87. The van der Waals surface area contributed by atoms with E-state index in [4.69, 9.17) is 16.6 Å². The van der Waals surface area contributed by atoms with E-state index in [1.807, 2.05) is 0 Å². The summed E-state index contributed by atoms with van der Waals surface area (Å²) in [6.45, 7) is 7.88. The molecule has 0 bridgehead atoms. The first kappa shape index (κ1) is 14.9. The number of fused-ring (bicyclic) bond motifs is 1. The minimum Gasteiger partial charge on any atom is -0.324 e. The normalized spacial score (nSPS) is 20.2. The van der Waals surface area contributed by atoms with Crippen molar-refractivity contribution in [3.63, 3.8) is 0 Å². The Morgan fingerprint density at radius 3 is 3.00 bits per heavy atom. The quantitative estimate of drug-likeness (QED) is 0.802. The van der Waals surface area contributed by atoms with Crippen LogP contribution in [-0.2, 0) is 6.42 Å². The molecule has 1 aromatic heterocycles. The van der Waals surface area contributed by atoms with Gasteiger partial charge in [0.1, 0.15) is 5.82 Å². The molecule has 1 aliphatic rings. The second-order valence-electron chi connectivity index (χ2n) is 5.97. The molecule has 0 spiro atoms. The van der Waals surface area contributed by atoms with Crippen molar-refractivity contribution < 1.29 is 0 Å². The molecule has 4 heteroatoms. The second-order valence-corrected chi connectivity index (χ2v) is 6.35. The largest absolute Gasteiger partial charge is 0.324 e. The van der Waals surface area contributed by atoms with Crippen LogP contribution in [0.3, 0.4) is 0 Å². The summed E-state index contributed by atoms with van der Waals surface area (Å²) < 4.78 is 2.46. The zero-order chi connectivity index (χ0) is 14.8. The van der Waals surface area contributed by atoms with Gasteiger partial charge >= 0.3 is 0 Å². The standard InChI is InChI=1S/C17H24ClN3/c1-3-20-11-5-7-14(12-20)21-15-8-4-6-13(2)17(15)19-16(21)9-10-18/h4,6,8,14H,3,5,7,9-12H2,1-2H3. The Morgan fingerprint density at radius 2 is 2.24 bits per heavy atom. The van der Waals surface area contributed by atoms with Gasteiger partial charge in [0.05, 0.1) is 11.0 Å². The summed E-state index contributed by atoms with van der Waals surface area (Å²) in [7, 11) is 0. The molecule has 1 unspecified atom stereocenters. The third kappa shape index (κ3) is 2.82. The first-order chi connectivity index (χ1) is 10.2. The molecule has 0 saturated carbocycles. The number of aryl methyl sites for hydroxylation is 2. The molecule has 0 amide bonds. The van der Waals surface area contributed by atoms with Crippen LogP contribution < -0.4 is 0 Å². The van der Waals surface area contributed by atoms with Gasteiger partial charge in [-0.15, -0.1) is 11.6 Å². The van der Waals surface area contributed by atoms with Gasteiger partial charge in [-0.05, 0) is 44.5 Å². The van der Waals surface area contributed by atoms with Crippen LogP contribution >= 0.6 is 11.6 Å². The number of likely N-dealkylation sites (tertiary alicyclic amines) is 1. The van der Waals surface area contributed by atoms with Crippen LogP contribution in [0.4, 0.5) is 0 Å². The summed E-state index contributed by atoms with van der Waals surface area (Å²) in [4.78, 5) is 7.43. The highest BCUT2D eigenvalue weighted by atomic mass is 35.5. The molecule has 1 aromatic carbocycles. The molecule has 114 valence electrons. The van der Waals surface area contributed by atoms with Gasteiger partial charge in [-0.2, -0.15) is 0 Å². The number of halogens is 1. The Balaban J connectivity index is 2.06. The third-order valence-corrected chi connectivity index (χ3v) is 4.80. The van der Waals surface area contributed by atoms with Gasteiger partial charge in [0.2, 0.25) is 0 Å². The molecule has 1 aliphatic heterocycles. The van der Waals surface area contributed by atoms with Crippen LogP contribution in [0.2, 0.25) is 0 Å². The number of benzene rings is 1. The minimum absolute atomic E-state index is 0.531. The number of piperidine rings is 1. The monoisotopic (exact) mass is 305 g/mol. The lowest BCUT2D eigenvalue weighted by Crippen LogP contribution is -2.36. The number of nitrogens with zero attached hydrogens (tertiary/aromatic N) is 3. The van der Waals surface area contributed by atoms with Gasteiger partial charge in [-0.25, -0.2) is 4.98 Å². The summed E-state index contributed by atoms with van der Waals surface area (Å²) in [6.07, 6.45) is 3.35. The first-order valence-electron chi connectivity index (χ1n) is 7.99. The van der Waals surface area contributed by atoms with E-state index in [9.17, 15) is 0 Å². The van der Waals surface area contributed by atoms with Gasteiger partial charge in [-0.3, -0.25) is 0 Å². The van der Waals surface area contributed by atoms with E-state index < -0.39 is 0 Å². The van der Waals surface area contributed by atoms with Crippen molar-refractivity contribution >= 4 is 22.6 Å².